The van der Waals surface area contributed by atoms with Crippen molar-refractivity contribution in [2.45, 2.75) is 6.92 Å². The van der Waals surface area contributed by atoms with Crippen LogP contribution in [-0.2, 0) is 0 Å². The van der Waals surface area contributed by atoms with Gasteiger partial charge in [0.1, 0.15) is 5.75 Å². The van der Waals surface area contributed by atoms with E-state index in [0.29, 0.717) is 16.8 Å². The molecule has 0 saturated heterocycles. The number of halogens is 1. The van der Waals surface area contributed by atoms with E-state index in [4.69, 9.17) is 0 Å². The van der Waals surface area contributed by atoms with Gasteiger partial charge in [0.05, 0.1) is 5.56 Å². The number of carbonyl (C=O) groups is 1. The van der Waals surface area contributed by atoms with Gasteiger partial charge in [0.15, 0.2) is 0 Å². The Balaban J connectivity index is 2.18. The molecule has 0 saturated carbocycles. The lowest BCUT2D eigenvalue weighted by Crippen LogP contribution is -2.12. The molecule has 1 heterocycles. The van der Waals surface area contributed by atoms with Crippen LogP contribution in [0, 0.1) is 6.92 Å². The second-order valence-corrected chi connectivity index (χ2v) is 4.76. The number of phenols is 1. The number of nitrogens with zero attached hydrogens (tertiary/aromatic N) is 1. The van der Waals surface area contributed by atoms with E-state index in [0.717, 1.165) is 4.47 Å². The van der Waals surface area contributed by atoms with Gasteiger partial charge in [-0.15, -0.1) is 0 Å². The molecule has 0 atom stereocenters. The highest BCUT2D eigenvalue weighted by Crippen LogP contribution is 2.20. The van der Waals surface area contributed by atoms with Crippen LogP contribution in [0.15, 0.2) is 41.1 Å². The van der Waals surface area contributed by atoms with E-state index in [9.17, 15) is 9.90 Å². The number of hydrogen-bond donors (Lipinski definition) is 2. The number of nitrogens with one attached hydrogen (secondary N) is 1. The molecular formula is C13H11BrN2O2. The van der Waals surface area contributed by atoms with Gasteiger partial charge in [0, 0.05) is 22.6 Å². The molecule has 1 aromatic heterocycles. The average Bonchev–Trinajstić information content (AvgIpc) is 2.34. The fraction of sp³-hybridized carbons (Fsp3) is 0.0769. The first-order valence-electron chi connectivity index (χ1n) is 5.28. The molecule has 0 aliphatic carbocycles. The molecule has 92 valence electrons. The SMILES string of the molecule is Cc1cc(NC(=O)c2cncc(Br)c2)ccc1O. The fourth-order valence-electron chi connectivity index (χ4n) is 1.47. The summed E-state index contributed by atoms with van der Waals surface area (Å²) in [5, 5.41) is 12.1. The van der Waals surface area contributed by atoms with Crippen LogP contribution in [-0.4, -0.2) is 16.0 Å². The molecule has 0 unspecified atom stereocenters. The van der Waals surface area contributed by atoms with Crippen LogP contribution < -0.4 is 5.32 Å². The Morgan fingerprint density at radius 3 is 2.78 bits per heavy atom. The van der Waals surface area contributed by atoms with Crippen molar-refractivity contribution in [2.75, 3.05) is 5.32 Å². The summed E-state index contributed by atoms with van der Waals surface area (Å²) in [5.74, 6) is -0.0361. The van der Waals surface area contributed by atoms with Crippen molar-refractivity contribution >= 4 is 27.5 Å². The molecule has 0 fully saturated rings. The molecule has 0 bridgehead atoms. The van der Waals surface area contributed by atoms with Crippen molar-refractivity contribution in [1.82, 2.24) is 4.98 Å². The average molecular weight is 307 g/mol. The predicted octanol–water partition coefficient (Wildman–Crippen LogP) is 3.11. The summed E-state index contributed by atoms with van der Waals surface area (Å²) < 4.78 is 0.747. The number of amides is 1. The summed E-state index contributed by atoms with van der Waals surface area (Å²) in [4.78, 5) is 15.9. The first kappa shape index (κ1) is 12.6. The van der Waals surface area contributed by atoms with Crippen LogP contribution >= 0.6 is 15.9 Å². The Kier molecular flexibility index (Phi) is 3.62. The Labute approximate surface area is 113 Å². The topological polar surface area (TPSA) is 62.2 Å². The zero-order valence-electron chi connectivity index (χ0n) is 9.64. The highest BCUT2D eigenvalue weighted by atomic mass is 79.9. The molecular weight excluding hydrogens is 296 g/mol. The van der Waals surface area contributed by atoms with E-state index in [1.165, 1.54) is 6.20 Å². The summed E-state index contributed by atoms with van der Waals surface area (Å²) >= 11 is 3.26. The van der Waals surface area contributed by atoms with E-state index < -0.39 is 0 Å². The minimum absolute atomic E-state index is 0.206. The molecule has 0 aliphatic heterocycles. The normalized spacial score (nSPS) is 10.1. The van der Waals surface area contributed by atoms with Crippen LogP contribution in [0.2, 0.25) is 0 Å². The van der Waals surface area contributed by atoms with E-state index in [1.54, 1.807) is 37.4 Å². The molecule has 1 amide bonds. The maximum atomic E-state index is 11.9. The van der Waals surface area contributed by atoms with Gasteiger partial charge in [0.25, 0.3) is 5.91 Å². The summed E-state index contributed by atoms with van der Waals surface area (Å²) in [5.41, 5.74) is 1.81. The lowest BCUT2D eigenvalue weighted by molar-refractivity contribution is 0.102. The van der Waals surface area contributed by atoms with Gasteiger partial charge in [-0.2, -0.15) is 0 Å². The molecule has 5 heteroatoms. The number of phenolic OH excluding ortho intramolecular Hbond substituents is 1. The Morgan fingerprint density at radius 2 is 2.11 bits per heavy atom. The smallest absolute Gasteiger partial charge is 0.257 e. The predicted molar refractivity (Wildman–Crippen MR) is 72.7 cm³/mol. The Bertz CT molecular complexity index is 599. The van der Waals surface area contributed by atoms with Crippen LogP contribution in [0.25, 0.3) is 0 Å². The van der Waals surface area contributed by atoms with Gasteiger partial charge >= 0.3 is 0 Å². The van der Waals surface area contributed by atoms with Crippen molar-refractivity contribution in [3.05, 3.63) is 52.3 Å². The number of hydrogen-bond acceptors (Lipinski definition) is 3. The first-order chi connectivity index (χ1) is 8.56. The molecule has 0 radical (unpaired) electrons. The van der Waals surface area contributed by atoms with Crippen LogP contribution in [0.1, 0.15) is 15.9 Å². The third-order valence-corrected chi connectivity index (χ3v) is 2.86. The summed E-state index contributed by atoms with van der Waals surface area (Å²) in [6, 6.07) is 6.59. The van der Waals surface area contributed by atoms with E-state index >= 15 is 0 Å². The maximum Gasteiger partial charge on any atom is 0.257 e. The zero-order chi connectivity index (χ0) is 13.1. The minimum Gasteiger partial charge on any atom is -0.508 e. The van der Waals surface area contributed by atoms with Crippen molar-refractivity contribution < 1.29 is 9.90 Å². The first-order valence-corrected chi connectivity index (χ1v) is 6.07. The second-order valence-electron chi connectivity index (χ2n) is 3.85. The molecule has 4 nitrogen and oxygen atoms in total. The number of aromatic hydroxyl groups is 1. The third-order valence-electron chi connectivity index (χ3n) is 2.42. The zero-order valence-corrected chi connectivity index (χ0v) is 11.2. The Morgan fingerprint density at radius 1 is 1.33 bits per heavy atom. The molecule has 2 aromatic rings. The lowest BCUT2D eigenvalue weighted by atomic mass is 10.2. The molecule has 18 heavy (non-hydrogen) atoms. The number of aromatic nitrogens is 1. The van der Waals surface area contributed by atoms with Gasteiger partial charge in [-0.05, 0) is 52.7 Å². The van der Waals surface area contributed by atoms with Crippen molar-refractivity contribution in [3.8, 4) is 5.75 Å². The highest BCUT2D eigenvalue weighted by Gasteiger charge is 2.07. The third kappa shape index (κ3) is 2.87. The van der Waals surface area contributed by atoms with Gasteiger partial charge in [-0.25, -0.2) is 0 Å². The van der Waals surface area contributed by atoms with Crippen molar-refractivity contribution in [1.29, 1.82) is 0 Å². The largest absolute Gasteiger partial charge is 0.508 e. The van der Waals surface area contributed by atoms with Gasteiger partial charge < -0.3 is 10.4 Å². The van der Waals surface area contributed by atoms with Crippen molar-refractivity contribution in [3.63, 3.8) is 0 Å². The number of anilines is 1. The molecule has 2 N–H and O–H groups in total. The van der Waals surface area contributed by atoms with Gasteiger partial charge in [-0.1, -0.05) is 0 Å². The minimum atomic E-state index is -0.242. The summed E-state index contributed by atoms with van der Waals surface area (Å²) in [7, 11) is 0. The number of benzene rings is 1. The highest BCUT2D eigenvalue weighted by molar-refractivity contribution is 9.10. The lowest BCUT2D eigenvalue weighted by Gasteiger charge is -2.07. The maximum absolute atomic E-state index is 11.9. The summed E-state index contributed by atoms with van der Waals surface area (Å²) in [6.45, 7) is 1.77. The van der Waals surface area contributed by atoms with Crippen molar-refractivity contribution in [2.24, 2.45) is 0 Å². The van der Waals surface area contributed by atoms with Crippen LogP contribution in [0.5, 0.6) is 5.75 Å². The molecule has 0 aliphatic rings. The van der Waals surface area contributed by atoms with E-state index in [2.05, 4.69) is 26.2 Å². The standard InChI is InChI=1S/C13H11BrN2O2/c1-8-4-11(2-3-12(8)17)16-13(18)9-5-10(14)7-15-6-9/h2-7,17H,1H3,(H,16,18). The van der Waals surface area contributed by atoms with Crippen LogP contribution in [0.3, 0.4) is 0 Å². The molecule has 1 aromatic carbocycles. The second kappa shape index (κ2) is 5.18. The number of carbonyl (C=O) groups excluding carboxylic acids is 1. The number of pyridine rings is 1. The number of rotatable bonds is 2. The van der Waals surface area contributed by atoms with E-state index in [-0.39, 0.29) is 11.7 Å². The quantitative estimate of drug-likeness (QED) is 0.838. The van der Waals surface area contributed by atoms with Gasteiger partial charge in [0.2, 0.25) is 0 Å². The molecule has 2 rings (SSSR count). The van der Waals surface area contributed by atoms with E-state index in [1.807, 2.05) is 0 Å². The fourth-order valence-corrected chi connectivity index (χ4v) is 1.84. The van der Waals surface area contributed by atoms with Gasteiger partial charge in [-0.3, -0.25) is 9.78 Å². The Hall–Kier alpha value is -1.88. The monoisotopic (exact) mass is 306 g/mol. The molecule has 0 spiro atoms. The van der Waals surface area contributed by atoms with Crippen LogP contribution in [0.4, 0.5) is 5.69 Å². The number of aryl methyl sites for hydroxylation is 1. The summed E-state index contributed by atoms with van der Waals surface area (Å²) in [6.07, 6.45) is 3.11.